The number of hydrazine groups is 1. The number of nitrogens with zero attached hydrogens (tertiary/aromatic N) is 2. The molecule has 0 aliphatic carbocycles. The number of hydrogen-bond donors (Lipinski definition) is 0. The molecule has 0 aliphatic rings. The van der Waals surface area contributed by atoms with Crippen LogP contribution in [0, 0.1) is 0 Å². The highest BCUT2D eigenvalue weighted by Gasteiger charge is 2.47. The highest BCUT2D eigenvalue weighted by molar-refractivity contribution is 7.46. The third kappa shape index (κ3) is 5.16. The summed E-state index contributed by atoms with van der Waals surface area (Å²) in [5, 5.41) is 0. The van der Waals surface area contributed by atoms with E-state index in [1.54, 1.807) is 0 Å². The summed E-state index contributed by atoms with van der Waals surface area (Å²) in [6, 6.07) is 0. The molecular formula is C9H27F2N2PSi3. The zero-order valence-electron chi connectivity index (χ0n) is 12.6. The molecule has 0 aromatic rings. The molecule has 0 aromatic carbocycles. The quantitative estimate of drug-likeness (QED) is 0.392. The molecule has 104 valence electrons. The van der Waals surface area contributed by atoms with E-state index in [0.717, 1.165) is 0 Å². The fraction of sp³-hybridized carbons (Fsp3) is 1.00. The number of hydrogen-bond acceptors (Lipinski definition) is 2. The summed E-state index contributed by atoms with van der Waals surface area (Å²) in [6.45, 7) is 19.0. The molecule has 0 spiro atoms. The summed E-state index contributed by atoms with van der Waals surface area (Å²) in [6.07, 6.45) is 0. The minimum atomic E-state index is -3.03. The summed E-state index contributed by atoms with van der Waals surface area (Å²) in [5.41, 5.74) is 0. The number of halogens is 2. The topological polar surface area (TPSA) is 6.48 Å². The lowest BCUT2D eigenvalue weighted by Crippen LogP contribution is -2.69. The molecular weight excluding hydrogens is 289 g/mol. The van der Waals surface area contributed by atoms with Gasteiger partial charge in [-0.3, -0.25) is 4.34 Å². The van der Waals surface area contributed by atoms with Gasteiger partial charge in [-0.2, -0.15) is 8.39 Å². The molecule has 0 N–H and O–H groups in total. The van der Waals surface area contributed by atoms with Gasteiger partial charge in [0, 0.05) is 0 Å². The standard InChI is InChI=1S/C9H27F2N2PSi3/c1-15(2,3)12(14(10)11)13(16(4,5)6)17(7,8)9/h1-9H3. The van der Waals surface area contributed by atoms with E-state index in [-0.39, 0.29) is 0 Å². The van der Waals surface area contributed by atoms with E-state index in [1.165, 1.54) is 4.44 Å². The van der Waals surface area contributed by atoms with E-state index >= 15 is 0 Å². The molecule has 0 bridgehead atoms. The minimum Gasteiger partial charge on any atom is -0.283 e. The van der Waals surface area contributed by atoms with Crippen molar-refractivity contribution in [3.8, 4) is 0 Å². The molecule has 0 aliphatic heterocycles. The molecule has 2 nitrogen and oxygen atoms in total. The molecule has 17 heavy (non-hydrogen) atoms. The van der Waals surface area contributed by atoms with Crippen LogP contribution in [0.15, 0.2) is 0 Å². The van der Waals surface area contributed by atoms with E-state index < -0.39 is 33.4 Å². The first kappa shape index (κ1) is 17.9. The van der Waals surface area contributed by atoms with Crippen LogP contribution in [0.2, 0.25) is 58.9 Å². The third-order valence-electron chi connectivity index (χ3n) is 2.20. The van der Waals surface area contributed by atoms with Gasteiger partial charge < -0.3 is 0 Å². The van der Waals surface area contributed by atoms with Crippen LogP contribution in [0.1, 0.15) is 0 Å². The van der Waals surface area contributed by atoms with Crippen LogP contribution in [0.25, 0.3) is 0 Å². The van der Waals surface area contributed by atoms with Crippen LogP contribution in [-0.2, 0) is 0 Å². The highest BCUT2D eigenvalue weighted by Crippen LogP contribution is 2.50. The van der Waals surface area contributed by atoms with Gasteiger partial charge in [-0.05, 0) is 0 Å². The first-order valence-electron chi connectivity index (χ1n) is 5.91. The van der Waals surface area contributed by atoms with Crippen LogP contribution < -0.4 is 0 Å². The Bertz CT molecular complexity index is 244. The monoisotopic (exact) mass is 316 g/mol. The largest absolute Gasteiger partial charge is 0.351 e. The van der Waals surface area contributed by atoms with Gasteiger partial charge in [-0.15, -0.1) is 0 Å². The maximum atomic E-state index is 13.5. The van der Waals surface area contributed by atoms with Crippen LogP contribution in [0.5, 0.6) is 0 Å². The zero-order valence-corrected chi connectivity index (χ0v) is 16.5. The molecule has 0 unspecified atom stereocenters. The molecule has 0 atom stereocenters. The summed E-state index contributed by atoms with van der Waals surface area (Å²) >= 11 is 0. The van der Waals surface area contributed by atoms with E-state index in [1.807, 2.05) is 19.6 Å². The Kier molecular flexibility index (Phi) is 5.74. The van der Waals surface area contributed by atoms with Gasteiger partial charge in [-0.25, -0.2) is 4.44 Å². The molecule has 0 amide bonds. The summed E-state index contributed by atoms with van der Waals surface area (Å²) < 4.78 is 30.7. The molecule has 0 aromatic heterocycles. The van der Waals surface area contributed by atoms with Gasteiger partial charge in [0.25, 0.3) is 0 Å². The fourth-order valence-corrected chi connectivity index (χ4v) is 19.5. The Morgan fingerprint density at radius 2 is 0.941 bits per heavy atom. The average Bonchev–Trinajstić information content (AvgIpc) is 1.91. The maximum absolute atomic E-state index is 13.5. The average molecular weight is 317 g/mol. The van der Waals surface area contributed by atoms with Gasteiger partial charge >= 0.3 is 8.69 Å². The van der Waals surface area contributed by atoms with Crippen molar-refractivity contribution in [1.29, 1.82) is 0 Å². The van der Waals surface area contributed by atoms with E-state index in [0.29, 0.717) is 0 Å². The zero-order chi connectivity index (χ0) is 14.2. The second-order valence-electron chi connectivity index (χ2n) is 7.33. The summed E-state index contributed by atoms with van der Waals surface area (Å²) in [7, 11) is -8.59. The summed E-state index contributed by atoms with van der Waals surface area (Å²) in [4.78, 5) is 0. The maximum Gasteiger partial charge on any atom is 0.351 e. The van der Waals surface area contributed by atoms with Crippen molar-refractivity contribution >= 4 is 33.4 Å². The predicted octanol–water partition coefficient (Wildman–Crippen LogP) is 5.18. The van der Waals surface area contributed by atoms with E-state index in [4.69, 9.17) is 0 Å². The van der Waals surface area contributed by atoms with Crippen LogP contribution in [-0.4, -0.2) is 33.5 Å². The van der Waals surface area contributed by atoms with Crippen molar-refractivity contribution in [3.05, 3.63) is 0 Å². The summed E-state index contributed by atoms with van der Waals surface area (Å²) in [5.74, 6) is 0. The van der Waals surface area contributed by atoms with Gasteiger partial charge in [-0.1, -0.05) is 58.9 Å². The van der Waals surface area contributed by atoms with Crippen molar-refractivity contribution in [2.45, 2.75) is 58.9 Å². The van der Waals surface area contributed by atoms with Crippen molar-refractivity contribution in [1.82, 2.24) is 8.79 Å². The molecule has 0 saturated heterocycles. The molecule has 8 heteroatoms. The van der Waals surface area contributed by atoms with Gasteiger partial charge in [0.05, 0.1) is 0 Å². The SMILES string of the molecule is C[Si](C)(C)N(N([Si](C)(C)C)[Si](C)(C)C)P(F)F. The Morgan fingerprint density at radius 3 is 1.00 bits per heavy atom. The Hall–Kier alpha value is 0.861. The van der Waals surface area contributed by atoms with Gasteiger partial charge in [0.2, 0.25) is 0 Å². The van der Waals surface area contributed by atoms with Gasteiger partial charge in [0.15, 0.2) is 0 Å². The Morgan fingerprint density at radius 1 is 0.647 bits per heavy atom. The fourth-order valence-electron chi connectivity index (χ4n) is 2.17. The van der Waals surface area contributed by atoms with Gasteiger partial charge in [0.1, 0.15) is 24.7 Å². The number of rotatable bonds is 5. The van der Waals surface area contributed by atoms with Crippen molar-refractivity contribution in [2.75, 3.05) is 0 Å². The van der Waals surface area contributed by atoms with Crippen LogP contribution in [0.3, 0.4) is 0 Å². The predicted molar refractivity (Wildman–Crippen MR) is 82.9 cm³/mol. The van der Waals surface area contributed by atoms with Crippen molar-refractivity contribution < 1.29 is 8.39 Å². The van der Waals surface area contributed by atoms with Crippen molar-refractivity contribution in [2.24, 2.45) is 0 Å². The van der Waals surface area contributed by atoms with Crippen LogP contribution >= 0.6 is 8.69 Å². The lowest BCUT2D eigenvalue weighted by molar-refractivity contribution is 0.349. The first-order valence-corrected chi connectivity index (χ1v) is 17.3. The molecule has 0 fully saturated rings. The first-order chi connectivity index (χ1) is 7.19. The van der Waals surface area contributed by atoms with Crippen molar-refractivity contribution in [3.63, 3.8) is 0 Å². The molecule has 0 rings (SSSR count). The Labute approximate surface area is 110 Å². The van der Waals surface area contributed by atoms with Crippen LogP contribution in [0.4, 0.5) is 8.39 Å². The third-order valence-corrected chi connectivity index (χ3v) is 14.0. The smallest absolute Gasteiger partial charge is 0.283 e. The Balaban J connectivity index is 5.58. The second kappa shape index (κ2) is 5.46. The van der Waals surface area contributed by atoms with E-state index in [9.17, 15) is 8.39 Å². The minimum absolute atomic E-state index is 1.51. The molecule has 0 radical (unpaired) electrons. The lowest BCUT2D eigenvalue weighted by Gasteiger charge is -2.53. The molecule has 0 saturated carbocycles. The molecule has 0 heterocycles. The normalized spacial score (nSPS) is 15.2. The second-order valence-corrected chi connectivity index (χ2v) is 23.3. The lowest BCUT2D eigenvalue weighted by atomic mass is 11.8. The highest BCUT2D eigenvalue weighted by atomic mass is 31.2. The van der Waals surface area contributed by atoms with E-state index in [2.05, 4.69) is 43.6 Å².